The Kier molecular flexibility index (Phi) is 3.53. The molecule has 1 aromatic heterocycles. The molecule has 0 radical (unpaired) electrons. The summed E-state index contributed by atoms with van der Waals surface area (Å²) in [6, 6.07) is 7.62. The van der Waals surface area contributed by atoms with Gasteiger partial charge < -0.3 is 4.52 Å². The predicted octanol–water partition coefficient (Wildman–Crippen LogP) is 4.16. The van der Waals surface area contributed by atoms with E-state index < -0.39 is 0 Å². The predicted molar refractivity (Wildman–Crippen MR) is 68.3 cm³/mol. The van der Waals surface area contributed by atoms with Crippen molar-refractivity contribution in [2.45, 2.75) is 13.8 Å². The first-order chi connectivity index (χ1) is 8.16. The first kappa shape index (κ1) is 11.8. The van der Waals surface area contributed by atoms with Crippen LogP contribution in [0.3, 0.4) is 0 Å². The van der Waals surface area contributed by atoms with Crippen molar-refractivity contribution in [3.8, 4) is 0 Å². The highest BCUT2D eigenvalue weighted by molar-refractivity contribution is 9.10. The molecule has 1 heterocycles. The second-order valence-electron chi connectivity index (χ2n) is 3.52. The first-order valence-corrected chi connectivity index (χ1v) is 5.81. The van der Waals surface area contributed by atoms with E-state index >= 15 is 0 Å². The number of aromatic nitrogens is 1. The average molecular weight is 295 g/mol. The van der Waals surface area contributed by atoms with Crippen molar-refractivity contribution < 1.29 is 4.52 Å². The van der Waals surface area contributed by atoms with E-state index in [1.54, 1.807) is 0 Å². The SMILES string of the molecule is Cc1noc(N=NNc2ccc(Br)cc2)c1C. The fourth-order valence-corrected chi connectivity index (χ4v) is 1.41. The van der Waals surface area contributed by atoms with E-state index in [-0.39, 0.29) is 0 Å². The van der Waals surface area contributed by atoms with Crippen LogP contribution in [0, 0.1) is 13.8 Å². The maximum Gasteiger partial charge on any atom is 0.274 e. The number of benzene rings is 1. The molecule has 17 heavy (non-hydrogen) atoms. The van der Waals surface area contributed by atoms with E-state index in [2.05, 4.69) is 36.8 Å². The van der Waals surface area contributed by atoms with Gasteiger partial charge >= 0.3 is 0 Å². The van der Waals surface area contributed by atoms with Gasteiger partial charge in [-0.15, -0.1) is 0 Å². The lowest BCUT2D eigenvalue weighted by atomic mass is 10.3. The van der Waals surface area contributed by atoms with Gasteiger partial charge in [0.25, 0.3) is 5.88 Å². The fourth-order valence-electron chi connectivity index (χ4n) is 1.15. The van der Waals surface area contributed by atoms with E-state index in [4.69, 9.17) is 4.52 Å². The molecular weight excluding hydrogens is 284 g/mol. The number of anilines is 1. The molecule has 0 fully saturated rings. The number of aryl methyl sites for hydroxylation is 1. The molecule has 0 bridgehead atoms. The lowest BCUT2D eigenvalue weighted by molar-refractivity contribution is 0.422. The van der Waals surface area contributed by atoms with Crippen molar-refractivity contribution in [3.63, 3.8) is 0 Å². The number of hydrogen-bond acceptors (Lipinski definition) is 4. The normalized spacial score (nSPS) is 11.0. The lowest BCUT2D eigenvalue weighted by Crippen LogP contribution is -1.85. The Morgan fingerprint density at radius 3 is 2.53 bits per heavy atom. The van der Waals surface area contributed by atoms with Gasteiger partial charge in [0.1, 0.15) is 0 Å². The van der Waals surface area contributed by atoms with Gasteiger partial charge in [-0.25, -0.2) is 0 Å². The summed E-state index contributed by atoms with van der Waals surface area (Å²) >= 11 is 3.36. The molecule has 6 heteroatoms. The fraction of sp³-hybridized carbons (Fsp3) is 0.182. The Hall–Kier alpha value is -1.69. The van der Waals surface area contributed by atoms with E-state index in [1.165, 1.54) is 0 Å². The highest BCUT2D eigenvalue weighted by atomic mass is 79.9. The van der Waals surface area contributed by atoms with E-state index in [9.17, 15) is 0 Å². The number of nitrogens with one attached hydrogen (secondary N) is 1. The summed E-state index contributed by atoms with van der Waals surface area (Å²) in [4.78, 5) is 0. The van der Waals surface area contributed by atoms with Crippen LogP contribution in [-0.2, 0) is 0 Å². The molecule has 0 aliphatic rings. The second-order valence-corrected chi connectivity index (χ2v) is 4.43. The zero-order valence-corrected chi connectivity index (χ0v) is 11.0. The Labute approximate surface area is 107 Å². The van der Waals surface area contributed by atoms with Gasteiger partial charge in [0.05, 0.1) is 11.4 Å². The first-order valence-electron chi connectivity index (χ1n) is 5.02. The van der Waals surface area contributed by atoms with Gasteiger partial charge in [0, 0.05) is 10.0 Å². The third-order valence-electron chi connectivity index (χ3n) is 2.30. The van der Waals surface area contributed by atoms with Crippen molar-refractivity contribution in [1.29, 1.82) is 0 Å². The summed E-state index contributed by atoms with van der Waals surface area (Å²) in [7, 11) is 0. The Bertz CT molecular complexity index is 533. The third-order valence-corrected chi connectivity index (χ3v) is 2.83. The molecule has 88 valence electrons. The third kappa shape index (κ3) is 2.91. The molecule has 5 nitrogen and oxygen atoms in total. The highest BCUT2D eigenvalue weighted by Gasteiger charge is 2.06. The Balaban J connectivity index is 2.03. The van der Waals surface area contributed by atoms with Crippen LogP contribution in [0.2, 0.25) is 0 Å². The van der Waals surface area contributed by atoms with Crippen LogP contribution in [-0.4, -0.2) is 5.16 Å². The minimum Gasteiger partial charge on any atom is -0.334 e. The van der Waals surface area contributed by atoms with Crippen LogP contribution in [0.1, 0.15) is 11.3 Å². The summed E-state index contributed by atoms with van der Waals surface area (Å²) in [6.45, 7) is 3.75. The molecule has 1 aromatic carbocycles. The van der Waals surface area contributed by atoms with Crippen LogP contribution in [0.4, 0.5) is 11.6 Å². The number of rotatable bonds is 3. The maximum absolute atomic E-state index is 4.99. The van der Waals surface area contributed by atoms with Crippen molar-refractivity contribution in [2.24, 2.45) is 10.3 Å². The summed E-state index contributed by atoms with van der Waals surface area (Å²) in [5, 5.41) is 11.5. The van der Waals surface area contributed by atoms with Crippen LogP contribution in [0.5, 0.6) is 0 Å². The second kappa shape index (κ2) is 5.09. The molecule has 2 rings (SSSR count). The summed E-state index contributed by atoms with van der Waals surface area (Å²) in [5.74, 6) is 0.423. The minimum atomic E-state index is 0.423. The van der Waals surface area contributed by atoms with E-state index in [0.717, 1.165) is 21.4 Å². The van der Waals surface area contributed by atoms with Gasteiger partial charge in [-0.05, 0) is 38.1 Å². The summed E-state index contributed by atoms with van der Waals surface area (Å²) < 4.78 is 6.01. The molecule has 0 amide bonds. The number of nitrogens with zero attached hydrogens (tertiary/aromatic N) is 3. The monoisotopic (exact) mass is 294 g/mol. The standard InChI is InChI=1S/C11H11BrN4O/c1-7-8(2)15-17-11(7)14-16-13-10-5-3-9(12)4-6-10/h3-6H,1-2H3,(H,13,14). The molecule has 0 unspecified atom stereocenters. The summed E-state index contributed by atoms with van der Waals surface area (Å²) in [5.41, 5.74) is 5.38. The van der Waals surface area contributed by atoms with Crippen LogP contribution in [0.15, 0.2) is 43.6 Å². The van der Waals surface area contributed by atoms with E-state index in [0.29, 0.717) is 5.88 Å². The Morgan fingerprint density at radius 1 is 1.24 bits per heavy atom. The van der Waals surface area contributed by atoms with Gasteiger partial charge in [0.15, 0.2) is 0 Å². The Morgan fingerprint density at radius 2 is 1.94 bits per heavy atom. The molecule has 0 saturated carbocycles. The smallest absolute Gasteiger partial charge is 0.274 e. The number of hydrogen-bond donors (Lipinski definition) is 1. The highest BCUT2D eigenvalue weighted by Crippen LogP contribution is 2.21. The largest absolute Gasteiger partial charge is 0.334 e. The summed E-state index contributed by atoms with van der Waals surface area (Å²) in [6.07, 6.45) is 0. The van der Waals surface area contributed by atoms with Crippen molar-refractivity contribution in [2.75, 3.05) is 5.43 Å². The number of halogens is 1. The van der Waals surface area contributed by atoms with Gasteiger partial charge in [-0.1, -0.05) is 31.4 Å². The quantitative estimate of drug-likeness (QED) is 0.683. The minimum absolute atomic E-state index is 0.423. The van der Waals surface area contributed by atoms with E-state index in [1.807, 2.05) is 38.1 Å². The van der Waals surface area contributed by atoms with Gasteiger partial charge in [-0.2, -0.15) is 0 Å². The van der Waals surface area contributed by atoms with Crippen LogP contribution >= 0.6 is 15.9 Å². The maximum atomic E-state index is 4.99. The average Bonchev–Trinajstić information content (AvgIpc) is 2.64. The van der Waals surface area contributed by atoms with Crippen molar-refractivity contribution in [3.05, 3.63) is 40.0 Å². The lowest BCUT2D eigenvalue weighted by Gasteiger charge is -1.97. The van der Waals surface area contributed by atoms with Crippen molar-refractivity contribution >= 4 is 27.5 Å². The molecule has 2 aromatic rings. The van der Waals surface area contributed by atoms with Gasteiger partial charge in [-0.3, -0.25) is 5.43 Å². The molecule has 0 saturated heterocycles. The molecule has 0 spiro atoms. The molecular formula is C11H11BrN4O. The zero-order valence-electron chi connectivity index (χ0n) is 9.44. The van der Waals surface area contributed by atoms with Gasteiger partial charge in [0.2, 0.25) is 0 Å². The molecule has 1 N–H and O–H groups in total. The molecule has 0 aliphatic heterocycles. The zero-order chi connectivity index (χ0) is 12.3. The van der Waals surface area contributed by atoms with Crippen molar-refractivity contribution in [1.82, 2.24) is 5.16 Å². The topological polar surface area (TPSA) is 62.8 Å². The van der Waals surface area contributed by atoms with Crippen LogP contribution in [0.25, 0.3) is 0 Å². The molecule has 0 atom stereocenters. The van der Waals surface area contributed by atoms with Crippen LogP contribution < -0.4 is 5.43 Å². The molecule has 0 aliphatic carbocycles.